The highest BCUT2D eigenvalue weighted by atomic mass is 32.1. The monoisotopic (exact) mass is 237 g/mol. The fourth-order valence-electron chi connectivity index (χ4n) is 1.90. The Kier molecular flexibility index (Phi) is 3.36. The van der Waals surface area contributed by atoms with Crippen molar-refractivity contribution in [3.05, 3.63) is 24.0 Å². The molecular weight excluding hydrogens is 222 g/mol. The molecule has 16 heavy (non-hydrogen) atoms. The highest BCUT2D eigenvalue weighted by Crippen LogP contribution is 2.22. The highest BCUT2D eigenvalue weighted by Gasteiger charge is 2.22. The third-order valence-corrected chi connectivity index (χ3v) is 3.05. The van der Waals surface area contributed by atoms with Gasteiger partial charge in [0.1, 0.15) is 10.7 Å². The molecule has 1 aromatic rings. The van der Waals surface area contributed by atoms with Gasteiger partial charge in [-0.2, -0.15) is 0 Å². The molecule has 1 aliphatic heterocycles. The molecule has 4 nitrogen and oxygen atoms in total. The molecule has 0 spiro atoms. The van der Waals surface area contributed by atoms with Crippen molar-refractivity contribution in [3.8, 4) is 0 Å². The molecule has 0 radical (unpaired) electrons. The topological polar surface area (TPSA) is 51.4 Å². The van der Waals surface area contributed by atoms with Crippen molar-refractivity contribution in [1.29, 1.82) is 0 Å². The molecule has 86 valence electrons. The van der Waals surface area contributed by atoms with Crippen molar-refractivity contribution in [2.75, 3.05) is 25.2 Å². The van der Waals surface area contributed by atoms with Gasteiger partial charge in [0.15, 0.2) is 0 Å². The lowest BCUT2D eigenvalue weighted by atomic mass is 10.2. The number of rotatable bonds is 3. The maximum Gasteiger partial charge on any atom is 0.124 e. The molecule has 1 unspecified atom stereocenters. The van der Waals surface area contributed by atoms with Gasteiger partial charge in [-0.25, -0.2) is 0 Å². The zero-order chi connectivity index (χ0) is 11.5. The van der Waals surface area contributed by atoms with E-state index in [2.05, 4.69) is 9.88 Å². The minimum absolute atomic E-state index is 0.335. The molecule has 2 N–H and O–H groups in total. The average molecular weight is 237 g/mol. The van der Waals surface area contributed by atoms with Crippen molar-refractivity contribution in [1.82, 2.24) is 4.98 Å². The van der Waals surface area contributed by atoms with Gasteiger partial charge in [-0.05, 0) is 18.6 Å². The first-order chi connectivity index (χ1) is 7.70. The Morgan fingerprint density at radius 3 is 3.12 bits per heavy atom. The number of hydrogen-bond acceptors (Lipinski definition) is 4. The lowest BCUT2D eigenvalue weighted by Gasteiger charge is -2.26. The summed E-state index contributed by atoms with van der Waals surface area (Å²) in [7, 11) is 2.03. The van der Waals surface area contributed by atoms with Crippen LogP contribution >= 0.6 is 12.2 Å². The molecule has 1 aliphatic rings. The Bertz CT molecular complexity index is 391. The van der Waals surface area contributed by atoms with E-state index >= 15 is 0 Å². The fourth-order valence-corrected chi connectivity index (χ4v) is 2.05. The van der Waals surface area contributed by atoms with Crippen molar-refractivity contribution in [3.63, 3.8) is 0 Å². The summed E-state index contributed by atoms with van der Waals surface area (Å²) in [6.07, 6.45) is 2.74. The van der Waals surface area contributed by atoms with E-state index in [1.165, 1.54) is 0 Å². The Hall–Kier alpha value is -1.20. The Labute approximate surface area is 100 Å². The molecule has 1 saturated heterocycles. The largest absolute Gasteiger partial charge is 0.388 e. The molecule has 1 atom stereocenters. The van der Waals surface area contributed by atoms with Gasteiger partial charge in [0, 0.05) is 19.9 Å². The fraction of sp³-hybridized carbons (Fsp3) is 0.455. The second-order valence-electron chi connectivity index (χ2n) is 3.86. The molecule has 0 bridgehead atoms. The van der Waals surface area contributed by atoms with E-state index in [0.717, 1.165) is 25.3 Å². The summed E-state index contributed by atoms with van der Waals surface area (Å²) in [5, 5.41) is 0. The van der Waals surface area contributed by atoms with Crippen LogP contribution in [0.25, 0.3) is 0 Å². The number of nitrogens with zero attached hydrogens (tertiary/aromatic N) is 2. The average Bonchev–Trinajstić information content (AvgIpc) is 2.81. The van der Waals surface area contributed by atoms with Gasteiger partial charge in [0.2, 0.25) is 0 Å². The molecule has 0 aromatic carbocycles. The Balaban J connectivity index is 2.27. The third-order valence-electron chi connectivity index (χ3n) is 2.85. The first kappa shape index (κ1) is 11.3. The van der Waals surface area contributed by atoms with E-state index in [-0.39, 0.29) is 0 Å². The van der Waals surface area contributed by atoms with Crippen LogP contribution in [0.2, 0.25) is 0 Å². The van der Waals surface area contributed by atoms with Gasteiger partial charge in [-0.3, -0.25) is 4.98 Å². The highest BCUT2D eigenvalue weighted by molar-refractivity contribution is 7.80. The molecule has 0 saturated carbocycles. The third kappa shape index (κ3) is 2.15. The van der Waals surface area contributed by atoms with Crippen LogP contribution in [-0.4, -0.2) is 36.3 Å². The molecule has 1 aromatic heterocycles. The number of nitrogens with two attached hydrogens (primary N) is 1. The summed E-state index contributed by atoms with van der Waals surface area (Å²) in [5.41, 5.74) is 7.33. The maximum absolute atomic E-state index is 5.66. The maximum atomic E-state index is 5.66. The molecule has 0 aliphatic carbocycles. The predicted molar refractivity (Wildman–Crippen MR) is 67.8 cm³/mol. The van der Waals surface area contributed by atoms with Crippen molar-refractivity contribution in [2.24, 2.45) is 5.73 Å². The summed E-state index contributed by atoms with van der Waals surface area (Å²) < 4.78 is 5.37. The number of likely N-dealkylation sites (N-methyl/N-ethyl adjacent to an activating group) is 1. The number of pyridine rings is 1. The van der Waals surface area contributed by atoms with Crippen LogP contribution in [0, 0.1) is 0 Å². The van der Waals surface area contributed by atoms with Crippen LogP contribution in [0.5, 0.6) is 0 Å². The first-order valence-corrected chi connectivity index (χ1v) is 5.66. The number of thiocarbonyl (C=S) groups is 1. The van der Waals surface area contributed by atoms with Crippen molar-refractivity contribution < 1.29 is 4.74 Å². The van der Waals surface area contributed by atoms with Crippen LogP contribution in [0.3, 0.4) is 0 Å². The predicted octanol–water partition coefficient (Wildman–Crippen LogP) is 0.941. The minimum Gasteiger partial charge on any atom is -0.388 e. The second-order valence-corrected chi connectivity index (χ2v) is 4.30. The lowest BCUT2D eigenvalue weighted by Crippen LogP contribution is -2.33. The summed E-state index contributed by atoms with van der Waals surface area (Å²) in [6.45, 7) is 1.57. The molecule has 0 amide bonds. The minimum atomic E-state index is 0.335. The van der Waals surface area contributed by atoms with Gasteiger partial charge in [0.05, 0.1) is 18.3 Å². The number of aromatic nitrogens is 1. The smallest absolute Gasteiger partial charge is 0.124 e. The number of hydrogen-bond donors (Lipinski definition) is 1. The first-order valence-electron chi connectivity index (χ1n) is 5.25. The quantitative estimate of drug-likeness (QED) is 0.793. The summed E-state index contributed by atoms with van der Waals surface area (Å²) in [5.74, 6) is 0. The second kappa shape index (κ2) is 4.76. The van der Waals surface area contributed by atoms with E-state index < -0.39 is 0 Å². The van der Waals surface area contributed by atoms with Crippen LogP contribution in [0.4, 0.5) is 5.69 Å². The van der Waals surface area contributed by atoms with E-state index in [4.69, 9.17) is 22.7 Å². The normalized spacial score (nSPS) is 19.7. The zero-order valence-corrected chi connectivity index (χ0v) is 10.0. The van der Waals surface area contributed by atoms with Crippen molar-refractivity contribution >= 4 is 22.9 Å². The van der Waals surface area contributed by atoms with Crippen LogP contribution in [-0.2, 0) is 4.74 Å². The number of anilines is 1. The van der Waals surface area contributed by atoms with Gasteiger partial charge >= 0.3 is 0 Å². The Morgan fingerprint density at radius 1 is 1.69 bits per heavy atom. The molecule has 5 heteroatoms. The molecule has 2 rings (SSSR count). The van der Waals surface area contributed by atoms with E-state index in [1.54, 1.807) is 6.20 Å². The summed E-state index contributed by atoms with van der Waals surface area (Å²) in [4.78, 5) is 6.70. The van der Waals surface area contributed by atoms with Gasteiger partial charge in [0.25, 0.3) is 0 Å². The van der Waals surface area contributed by atoms with Crippen LogP contribution < -0.4 is 10.6 Å². The summed E-state index contributed by atoms with van der Waals surface area (Å²) in [6, 6.07) is 4.26. The number of ether oxygens (including phenoxy) is 1. The van der Waals surface area contributed by atoms with Crippen molar-refractivity contribution in [2.45, 2.75) is 12.5 Å². The van der Waals surface area contributed by atoms with E-state index in [9.17, 15) is 0 Å². The molecule has 2 heterocycles. The molecular formula is C11H15N3OS. The lowest BCUT2D eigenvalue weighted by molar-refractivity contribution is 0.193. The molecule has 1 fully saturated rings. The standard InChI is InChI=1S/C11H15N3OS/c1-14(8-4-6-15-7-8)9-3-2-5-13-10(9)11(12)16/h2-3,5,8H,4,6-7H2,1H3,(H2,12,16). The van der Waals surface area contributed by atoms with E-state index in [1.807, 2.05) is 19.2 Å². The van der Waals surface area contributed by atoms with Crippen LogP contribution in [0.15, 0.2) is 18.3 Å². The van der Waals surface area contributed by atoms with Gasteiger partial charge in [-0.1, -0.05) is 12.2 Å². The SMILES string of the molecule is CN(c1cccnc1C(N)=S)C1CCOC1. The van der Waals surface area contributed by atoms with Gasteiger partial charge < -0.3 is 15.4 Å². The van der Waals surface area contributed by atoms with Crippen LogP contribution in [0.1, 0.15) is 12.1 Å². The zero-order valence-electron chi connectivity index (χ0n) is 9.22. The van der Waals surface area contributed by atoms with Gasteiger partial charge in [-0.15, -0.1) is 0 Å². The summed E-state index contributed by atoms with van der Waals surface area (Å²) >= 11 is 5.00. The van der Waals surface area contributed by atoms with E-state index in [0.29, 0.717) is 16.7 Å². The Morgan fingerprint density at radius 2 is 2.50 bits per heavy atom.